The molecule has 3 aromatic rings. The van der Waals surface area contributed by atoms with E-state index >= 15 is 4.39 Å². The standard InChI is InChI=1S/C28H30FNO3/c1-18(30)24-6-4-7-25(28(24)29)23-14-20(12-11-19-9-10-19)13-21(15-23)17-33-26-8-3-2-5-22(26)16-27(31)32/h2-8,13-15,18-19H,9-12,16-17,30H2,1H3,(H,31,32)/t18-/m1/s1. The van der Waals surface area contributed by atoms with E-state index in [0.29, 0.717) is 22.4 Å². The molecule has 0 heterocycles. The van der Waals surface area contributed by atoms with E-state index < -0.39 is 12.0 Å². The first kappa shape index (κ1) is 23.0. The number of carbonyl (C=O) groups is 1. The minimum absolute atomic E-state index is 0.0991. The van der Waals surface area contributed by atoms with Gasteiger partial charge in [-0.1, -0.05) is 61.4 Å². The minimum atomic E-state index is -0.903. The molecule has 0 saturated heterocycles. The molecule has 3 aromatic carbocycles. The summed E-state index contributed by atoms with van der Waals surface area (Å²) < 4.78 is 21.3. The maximum atomic E-state index is 15.3. The topological polar surface area (TPSA) is 72.5 Å². The van der Waals surface area contributed by atoms with Crippen LogP contribution >= 0.6 is 0 Å². The second-order valence-corrected chi connectivity index (χ2v) is 8.98. The Hall–Kier alpha value is -3.18. The van der Waals surface area contributed by atoms with Gasteiger partial charge >= 0.3 is 5.97 Å². The monoisotopic (exact) mass is 447 g/mol. The lowest BCUT2D eigenvalue weighted by Crippen LogP contribution is -2.08. The molecule has 0 bridgehead atoms. The average Bonchev–Trinajstić information content (AvgIpc) is 3.61. The van der Waals surface area contributed by atoms with Crippen LogP contribution in [0.1, 0.15) is 54.5 Å². The van der Waals surface area contributed by atoms with E-state index in [9.17, 15) is 9.90 Å². The van der Waals surface area contributed by atoms with Crippen LogP contribution in [0.2, 0.25) is 0 Å². The summed E-state index contributed by atoms with van der Waals surface area (Å²) in [7, 11) is 0. The van der Waals surface area contributed by atoms with Crippen LogP contribution in [0.5, 0.6) is 5.75 Å². The van der Waals surface area contributed by atoms with Gasteiger partial charge in [-0.3, -0.25) is 4.79 Å². The summed E-state index contributed by atoms with van der Waals surface area (Å²) in [5.74, 6) is 0.162. The second-order valence-electron chi connectivity index (χ2n) is 8.98. The lowest BCUT2D eigenvalue weighted by molar-refractivity contribution is -0.136. The van der Waals surface area contributed by atoms with Gasteiger partial charge in [0.2, 0.25) is 0 Å². The van der Waals surface area contributed by atoms with Crippen molar-refractivity contribution >= 4 is 5.97 Å². The molecule has 0 unspecified atom stereocenters. The van der Waals surface area contributed by atoms with Gasteiger partial charge in [-0.05, 0) is 54.5 Å². The zero-order valence-corrected chi connectivity index (χ0v) is 18.9. The molecule has 3 N–H and O–H groups in total. The lowest BCUT2D eigenvalue weighted by Gasteiger charge is -2.15. The zero-order chi connectivity index (χ0) is 23.4. The van der Waals surface area contributed by atoms with E-state index in [4.69, 9.17) is 10.5 Å². The van der Waals surface area contributed by atoms with Crippen LogP contribution in [-0.2, 0) is 24.2 Å². The Labute approximate surface area is 194 Å². The third-order valence-electron chi connectivity index (χ3n) is 6.13. The van der Waals surface area contributed by atoms with Gasteiger partial charge < -0.3 is 15.6 Å². The fourth-order valence-corrected chi connectivity index (χ4v) is 4.16. The van der Waals surface area contributed by atoms with Crippen molar-refractivity contribution in [3.8, 4) is 16.9 Å². The van der Waals surface area contributed by atoms with Crippen molar-refractivity contribution in [2.75, 3.05) is 0 Å². The zero-order valence-electron chi connectivity index (χ0n) is 18.9. The van der Waals surface area contributed by atoms with E-state index in [0.717, 1.165) is 35.4 Å². The highest BCUT2D eigenvalue weighted by Gasteiger charge is 2.21. The molecule has 1 fully saturated rings. The Kier molecular flexibility index (Phi) is 7.09. The summed E-state index contributed by atoms with van der Waals surface area (Å²) in [6.45, 7) is 2.05. The quantitative estimate of drug-likeness (QED) is 0.396. The van der Waals surface area contributed by atoms with Gasteiger partial charge in [0, 0.05) is 22.7 Å². The van der Waals surface area contributed by atoms with E-state index in [1.807, 2.05) is 18.2 Å². The Morgan fingerprint density at radius 1 is 1.12 bits per heavy atom. The van der Waals surface area contributed by atoms with Crippen LogP contribution in [0, 0.1) is 11.7 Å². The number of carboxylic acid groups (broad SMARTS) is 1. The number of benzene rings is 3. The average molecular weight is 448 g/mol. The number of para-hydroxylation sites is 1. The van der Waals surface area contributed by atoms with Gasteiger partial charge in [-0.2, -0.15) is 0 Å². The normalized spacial score (nSPS) is 14.2. The summed E-state index contributed by atoms with van der Waals surface area (Å²) in [4.78, 5) is 11.2. The molecule has 4 rings (SSSR count). The highest BCUT2D eigenvalue weighted by atomic mass is 19.1. The van der Waals surface area contributed by atoms with E-state index in [1.54, 1.807) is 37.3 Å². The first-order chi connectivity index (χ1) is 15.9. The summed E-state index contributed by atoms with van der Waals surface area (Å²) >= 11 is 0. The van der Waals surface area contributed by atoms with Crippen molar-refractivity contribution < 1.29 is 19.0 Å². The molecule has 0 radical (unpaired) electrons. The van der Waals surface area contributed by atoms with Crippen molar-refractivity contribution in [2.24, 2.45) is 11.7 Å². The first-order valence-corrected chi connectivity index (χ1v) is 11.5. The molecular weight excluding hydrogens is 417 g/mol. The maximum absolute atomic E-state index is 15.3. The highest BCUT2D eigenvalue weighted by molar-refractivity contribution is 5.71. The Bertz CT molecular complexity index is 1140. The van der Waals surface area contributed by atoms with Crippen LogP contribution in [0.25, 0.3) is 11.1 Å². The Morgan fingerprint density at radius 3 is 2.61 bits per heavy atom. The van der Waals surface area contributed by atoms with E-state index in [1.165, 1.54) is 12.8 Å². The number of ether oxygens (including phenoxy) is 1. The summed E-state index contributed by atoms with van der Waals surface area (Å²) in [6, 6.07) is 18.2. The summed E-state index contributed by atoms with van der Waals surface area (Å²) in [6.07, 6.45) is 4.56. The van der Waals surface area contributed by atoms with Crippen LogP contribution < -0.4 is 10.5 Å². The minimum Gasteiger partial charge on any atom is -0.489 e. The molecule has 1 atom stereocenters. The number of hydrogen-bond donors (Lipinski definition) is 2. The molecule has 1 aliphatic rings. The number of carboxylic acids is 1. The van der Waals surface area contributed by atoms with Crippen LogP contribution in [0.15, 0.2) is 60.7 Å². The molecule has 0 amide bonds. The molecule has 0 spiro atoms. The SMILES string of the molecule is C[C@@H](N)c1cccc(-c2cc(CCC3CC3)cc(COc3ccccc3CC(=O)O)c2)c1F. The third kappa shape index (κ3) is 5.99. The number of halogens is 1. The molecular formula is C28H30FNO3. The summed E-state index contributed by atoms with van der Waals surface area (Å²) in [5.41, 5.74) is 10.5. The van der Waals surface area contributed by atoms with Crippen molar-refractivity contribution in [2.45, 2.75) is 51.7 Å². The molecule has 172 valence electrons. The van der Waals surface area contributed by atoms with Crippen LogP contribution in [-0.4, -0.2) is 11.1 Å². The number of aliphatic carboxylic acids is 1. The molecule has 0 aliphatic heterocycles. The largest absolute Gasteiger partial charge is 0.489 e. The van der Waals surface area contributed by atoms with E-state index in [-0.39, 0.29) is 18.8 Å². The molecule has 1 saturated carbocycles. The number of rotatable bonds is 10. The van der Waals surface area contributed by atoms with Gasteiger partial charge in [0.05, 0.1) is 6.42 Å². The van der Waals surface area contributed by atoms with Gasteiger partial charge in [0.1, 0.15) is 18.2 Å². The predicted octanol–water partition coefficient (Wildman–Crippen LogP) is 6.06. The molecule has 33 heavy (non-hydrogen) atoms. The number of aryl methyl sites for hydroxylation is 1. The van der Waals surface area contributed by atoms with Gasteiger partial charge in [-0.15, -0.1) is 0 Å². The Morgan fingerprint density at radius 2 is 1.88 bits per heavy atom. The van der Waals surface area contributed by atoms with E-state index in [2.05, 4.69) is 12.1 Å². The maximum Gasteiger partial charge on any atom is 0.307 e. The first-order valence-electron chi connectivity index (χ1n) is 11.5. The van der Waals surface area contributed by atoms with Gasteiger partial charge in [0.25, 0.3) is 0 Å². The third-order valence-corrected chi connectivity index (χ3v) is 6.13. The second kappa shape index (κ2) is 10.2. The lowest BCUT2D eigenvalue weighted by atomic mass is 9.94. The summed E-state index contributed by atoms with van der Waals surface area (Å²) in [5, 5.41) is 9.17. The molecule has 0 aromatic heterocycles. The molecule has 5 heteroatoms. The number of hydrogen-bond acceptors (Lipinski definition) is 3. The number of nitrogens with two attached hydrogens (primary N) is 1. The highest BCUT2D eigenvalue weighted by Crippen LogP contribution is 2.35. The smallest absolute Gasteiger partial charge is 0.307 e. The van der Waals surface area contributed by atoms with Crippen LogP contribution in [0.4, 0.5) is 4.39 Å². The molecule has 4 nitrogen and oxygen atoms in total. The predicted molar refractivity (Wildman–Crippen MR) is 128 cm³/mol. The fourth-order valence-electron chi connectivity index (χ4n) is 4.16. The molecule has 1 aliphatic carbocycles. The van der Waals surface area contributed by atoms with Gasteiger partial charge in [-0.25, -0.2) is 4.39 Å². The van der Waals surface area contributed by atoms with Gasteiger partial charge in [0.15, 0.2) is 0 Å². The van der Waals surface area contributed by atoms with Crippen molar-refractivity contribution in [3.63, 3.8) is 0 Å². The Balaban J connectivity index is 1.63. The van der Waals surface area contributed by atoms with Crippen molar-refractivity contribution in [1.82, 2.24) is 0 Å². The van der Waals surface area contributed by atoms with Crippen molar-refractivity contribution in [1.29, 1.82) is 0 Å². The van der Waals surface area contributed by atoms with Crippen molar-refractivity contribution in [3.05, 3.63) is 88.7 Å². The van der Waals surface area contributed by atoms with Crippen LogP contribution in [0.3, 0.4) is 0 Å². The fraction of sp³-hybridized carbons (Fsp3) is 0.321.